The van der Waals surface area contributed by atoms with Gasteiger partial charge in [-0.3, -0.25) is 4.90 Å². The van der Waals surface area contributed by atoms with Gasteiger partial charge in [-0.25, -0.2) is 14.6 Å². The van der Waals surface area contributed by atoms with Gasteiger partial charge in [-0.1, -0.05) is 6.07 Å². The summed E-state index contributed by atoms with van der Waals surface area (Å²) in [6.07, 6.45) is -4.89. The summed E-state index contributed by atoms with van der Waals surface area (Å²) >= 11 is 0. The van der Waals surface area contributed by atoms with Crippen LogP contribution in [0.2, 0.25) is 0 Å². The van der Waals surface area contributed by atoms with Crippen LogP contribution in [0.15, 0.2) is 35.1 Å². The fourth-order valence-electron chi connectivity index (χ4n) is 3.22. The van der Waals surface area contributed by atoms with Gasteiger partial charge < -0.3 is 23.9 Å². The minimum atomic E-state index is -4.62. The molecule has 0 spiro atoms. The number of alkyl halides is 3. The Labute approximate surface area is 194 Å². The molecule has 0 bridgehead atoms. The highest BCUT2D eigenvalue weighted by Gasteiger charge is 2.40. The fraction of sp³-hybridized carbons (Fsp3) is 0.500. The number of oxazole rings is 1. The first-order valence-corrected chi connectivity index (χ1v) is 10.6. The number of carboxylic acids is 1. The van der Waals surface area contributed by atoms with Crippen molar-refractivity contribution >= 4 is 12.1 Å². The molecule has 3 rings (SSSR count). The van der Waals surface area contributed by atoms with E-state index < -0.39 is 29.9 Å². The van der Waals surface area contributed by atoms with E-state index in [1.54, 1.807) is 18.2 Å². The van der Waals surface area contributed by atoms with Crippen molar-refractivity contribution in [3.63, 3.8) is 0 Å². The SMILES string of the molecule is CC(OC(=O)N1CCN(Cc2ccc(-c3ncco3)cc2OC(C)(C)C(=O)O)CC1)C(F)(F)F. The number of halogens is 3. The van der Waals surface area contributed by atoms with E-state index in [2.05, 4.69) is 9.72 Å². The normalized spacial score (nSPS) is 16.2. The van der Waals surface area contributed by atoms with Crippen molar-refractivity contribution in [1.29, 1.82) is 0 Å². The average Bonchev–Trinajstić information content (AvgIpc) is 3.29. The zero-order valence-corrected chi connectivity index (χ0v) is 19.0. The Hall–Kier alpha value is -3.28. The van der Waals surface area contributed by atoms with Crippen LogP contribution in [0, 0.1) is 0 Å². The number of carboxylic acid groups (broad SMARTS) is 1. The molecule has 1 aliphatic heterocycles. The zero-order valence-electron chi connectivity index (χ0n) is 19.0. The van der Waals surface area contributed by atoms with E-state index in [9.17, 15) is 27.9 Å². The quantitative estimate of drug-likeness (QED) is 0.632. The number of carbonyl (C=O) groups excluding carboxylic acids is 1. The van der Waals surface area contributed by atoms with Crippen LogP contribution >= 0.6 is 0 Å². The summed E-state index contributed by atoms with van der Waals surface area (Å²) in [5.41, 5.74) is -0.190. The Morgan fingerprint density at radius 3 is 2.44 bits per heavy atom. The Morgan fingerprint density at radius 2 is 1.88 bits per heavy atom. The summed E-state index contributed by atoms with van der Waals surface area (Å²) in [4.78, 5) is 30.9. The molecular formula is C22H26F3N3O6. The third-order valence-electron chi connectivity index (χ3n) is 5.39. The molecule has 1 aromatic heterocycles. The molecule has 1 amide bonds. The van der Waals surface area contributed by atoms with Gasteiger partial charge >= 0.3 is 18.2 Å². The second kappa shape index (κ2) is 9.92. The van der Waals surface area contributed by atoms with Gasteiger partial charge in [0.2, 0.25) is 5.89 Å². The topological polar surface area (TPSA) is 105 Å². The van der Waals surface area contributed by atoms with Crippen molar-refractivity contribution in [3.8, 4) is 17.2 Å². The molecule has 1 atom stereocenters. The summed E-state index contributed by atoms with van der Waals surface area (Å²) in [7, 11) is 0. The molecule has 0 aliphatic carbocycles. The highest BCUT2D eigenvalue weighted by atomic mass is 19.4. The first-order valence-electron chi connectivity index (χ1n) is 10.6. The number of hydrogen-bond donors (Lipinski definition) is 1. The van der Waals surface area contributed by atoms with Crippen LogP contribution in [0.5, 0.6) is 5.75 Å². The van der Waals surface area contributed by atoms with Crippen molar-refractivity contribution in [3.05, 3.63) is 36.2 Å². The lowest BCUT2D eigenvalue weighted by atomic mass is 10.1. The largest absolute Gasteiger partial charge is 0.478 e. The molecule has 1 N–H and O–H groups in total. The van der Waals surface area contributed by atoms with Crippen molar-refractivity contribution in [1.82, 2.24) is 14.8 Å². The Balaban J connectivity index is 1.69. The van der Waals surface area contributed by atoms with Gasteiger partial charge in [0.15, 0.2) is 11.7 Å². The van der Waals surface area contributed by atoms with Crippen molar-refractivity contribution < 1.29 is 41.8 Å². The van der Waals surface area contributed by atoms with Crippen LogP contribution in [-0.4, -0.2) is 76.0 Å². The van der Waals surface area contributed by atoms with Gasteiger partial charge in [0.1, 0.15) is 12.0 Å². The number of aromatic nitrogens is 1. The molecular weight excluding hydrogens is 459 g/mol. The fourth-order valence-corrected chi connectivity index (χ4v) is 3.22. The maximum Gasteiger partial charge on any atom is 0.425 e. The van der Waals surface area contributed by atoms with E-state index >= 15 is 0 Å². The van der Waals surface area contributed by atoms with E-state index in [1.165, 1.54) is 31.2 Å². The number of nitrogens with zero attached hydrogens (tertiary/aromatic N) is 3. The van der Waals surface area contributed by atoms with Gasteiger partial charge in [0, 0.05) is 43.9 Å². The molecule has 1 unspecified atom stereocenters. The Kier molecular flexibility index (Phi) is 7.39. The second-order valence-electron chi connectivity index (χ2n) is 8.41. The third-order valence-corrected chi connectivity index (χ3v) is 5.39. The lowest BCUT2D eigenvalue weighted by Crippen LogP contribution is -2.49. The van der Waals surface area contributed by atoms with Gasteiger partial charge in [0.25, 0.3) is 0 Å². The molecule has 2 aromatic rings. The van der Waals surface area contributed by atoms with E-state index in [1.807, 2.05) is 4.90 Å². The second-order valence-corrected chi connectivity index (χ2v) is 8.41. The first-order chi connectivity index (χ1) is 15.9. The van der Waals surface area contributed by atoms with Crippen molar-refractivity contribution in [2.75, 3.05) is 26.2 Å². The number of benzene rings is 1. The smallest absolute Gasteiger partial charge is 0.425 e. The number of rotatable bonds is 7. The third kappa shape index (κ3) is 6.19. The number of ether oxygens (including phenoxy) is 2. The molecule has 34 heavy (non-hydrogen) atoms. The van der Waals surface area contributed by atoms with Crippen LogP contribution in [0.3, 0.4) is 0 Å². The molecule has 1 fully saturated rings. The number of amides is 1. The van der Waals surface area contributed by atoms with E-state index in [-0.39, 0.29) is 13.1 Å². The monoisotopic (exact) mass is 485 g/mol. The highest BCUT2D eigenvalue weighted by Crippen LogP contribution is 2.31. The van der Waals surface area contributed by atoms with Crippen molar-refractivity contribution in [2.24, 2.45) is 0 Å². The maximum absolute atomic E-state index is 12.6. The van der Waals surface area contributed by atoms with Gasteiger partial charge in [-0.15, -0.1) is 0 Å². The highest BCUT2D eigenvalue weighted by molar-refractivity contribution is 5.77. The molecule has 2 heterocycles. The summed E-state index contributed by atoms with van der Waals surface area (Å²) in [5.74, 6) is -0.450. The Morgan fingerprint density at radius 1 is 1.21 bits per heavy atom. The van der Waals surface area contributed by atoms with E-state index in [4.69, 9.17) is 9.15 Å². The van der Waals surface area contributed by atoms with Crippen LogP contribution in [-0.2, 0) is 16.1 Å². The summed E-state index contributed by atoms with van der Waals surface area (Å²) in [5, 5.41) is 9.48. The number of aliphatic carboxylic acids is 1. The van der Waals surface area contributed by atoms with E-state index in [0.29, 0.717) is 42.4 Å². The van der Waals surface area contributed by atoms with Gasteiger partial charge in [-0.2, -0.15) is 13.2 Å². The maximum atomic E-state index is 12.6. The molecule has 1 aliphatic rings. The molecule has 9 nitrogen and oxygen atoms in total. The predicted octanol–water partition coefficient (Wildman–Crippen LogP) is 3.79. The minimum Gasteiger partial charge on any atom is -0.478 e. The Bertz CT molecular complexity index is 1000. The van der Waals surface area contributed by atoms with E-state index in [0.717, 1.165) is 6.92 Å². The van der Waals surface area contributed by atoms with Crippen LogP contribution in [0.4, 0.5) is 18.0 Å². The lowest BCUT2D eigenvalue weighted by Gasteiger charge is -2.35. The molecule has 0 radical (unpaired) electrons. The minimum absolute atomic E-state index is 0.189. The predicted molar refractivity (Wildman–Crippen MR) is 113 cm³/mol. The zero-order chi connectivity index (χ0) is 25.1. The summed E-state index contributed by atoms with van der Waals surface area (Å²) in [6, 6.07) is 5.20. The standard InChI is InChI=1S/C22H26F3N3O6/c1-14(22(23,24)25)33-20(31)28-9-7-27(8-10-28)13-16-5-4-15(18-26-6-11-32-18)12-17(16)34-21(2,3)19(29)30/h4-6,11-12,14H,7-10,13H2,1-3H3,(H,29,30). The van der Waals surface area contributed by atoms with Crippen LogP contribution in [0.25, 0.3) is 11.5 Å². The average molecular weight is 485 g/mol. The lowest BCUT2D eigenvalue weighted by molar-refractivity contribution is -0.200. The first kappa shape index (κ1) is 25.3. The molecule has 1 aromatic carbocycles. The van der Waals surface area contributed by atoms with Crippen LogP contribution < -0.4 is 4.74 Å². The molecule has 1 saturated heterocycles. The van der Waals surface area contributed by atoms with Gasteiger partial charge in [0.05, 0.1) is 6.20 Å². The van der Waals surface area contributed by atoms with Crippen LogP contribution in [0.1, 0.15) is 26.3 Å². The molecule has 12 heteroatoms. The molecule has 0 saturated carbocycles. The number of piperazine rings is 1. The number of carbonyl (C=O) groups is 2. The number of hydrogen-bond acceptors (Lipinski definition) is 7. The summed E-state index contributed by atoms with van der Waals surface area (Å²) < 4.78 is 53.6. The van der Waals surface area contributed by atoms with Gasteiger partial charge in [-0.05, 0) is 32.9 Å². The van der Waals surface area contributed by atoms with Crippen molar-refractivity contribution in [2.45, 2.75) is 45.2 Å². The molecule has 186 valence electrons. The summed E-state index contributed by atoms with van der Waals surface area (Å²) in [6.45, 7) is 5.18.